The molecular formula is C36H48ClN2O2S+. The molecule has 0 N–H and O–H groups in total. The van der Waals surface area contributed by atoms with Crippen molar-refractivity contribution in [3.8, 4) is 0 Å². The minimum Gasteiger partial charge on any atom is -0.344 e. The molecule has 2 aromatic rings. The number of nitrogens with zero attached hydrogens (tertiary/aromatic N) is 2. The average molecular weight is 608 g/mol. The van der Waals surface area contributed by atoms with Gasteiger partial charge in [-0.15, -0.1) is 0 Å². The van der Waals surface area contributed by atoms with Crippen LogP contribution in [-0.2, 0) is 20.7 Å². The van der Waals surface area contributed by atoms with Crippen molar-refractivity contribution in [2.45, 2.75) is 96.3 Å². The molecule has 2 aliphatic heterocycles. The van der Waals surface area contributed by atoms with Gasteiger partial charge in [0.2, 0.25) is 5.69 Å². The Balaban J connectivity index is 1.68. The predicted molar refractivity (Wildman–Crippen MR) is 180 cm³/mol. The van der Waals surface area contributed by atoms with E-state index in [0.717, 1.165) is 36.5 Å². The maximum atomic E-state index is 12.4. The van der Waals surface area contributed by atoms with Crippen molar-refractivity contribution in [3.63, 3.8) is 0 Å². The normalized spacial score (nSPS) is 18.8. The number of hydrogen-bond donors (Lipinski definition) is 0. The van der Waals surface area contributed by atoms with Crippen LogP contribution in [0.3, 0.4) is 0 Å². The second-order valence-corrected chi connectivity index (χ2v) is 15.3. The summed E-state index contributed by atoms with van der Waals surface area (Å²) in [5.74, 6) is 0. The number of rotatable bonds is 11. The minimum atomic E-state index is -3.30. The Morgan fingerprint density at radius 1 is 0.952 bits per heavy atom. The van der Waals surface area contributed by atoms with Crippen LogP contribution in [0.1, 0.15) is 90.3 Å². The molecule has 2 heterocycles. The Morgan fingerprint density at radius 3 is 2.33 bits per heavy atom. The van der Waals surface area contributed by atoms with Crippen LogP contribution in [0.5, 0.6) is 0 Å². The summed E-state index contributed by atoms with van der Waals surface area (Å²) in [6.45, 7) is 17.3. The van der Waals surface area contributed by atoms with E-state index in [4.69, 9.17) is 11.6 Å². The smallest absolute Gasteiger partial charge is 0.209 e. The average Bonchev–Trinajstić information content (AvgIpc) is 3.27. The van der Waals surface area contributed by atoms with Gasteiger partial charge >= 0.3 is 0 Å². The first kappa shape index (κ1) is 32.3. The van der Waals surface area contributed by atoms with Gasteiger partial charge in [0, 0.05) is 52.3 Å². The van der Waals surface area contributed by atoms with E-state index in [-0.39, 0.29) is 10.8 Å². The van der Waals surface area contributed by atoms with Gasteiger partial charge in [-0.2, -0.15) is 4.58 Å². The lowest BCUT2D eigenvalue weighted by Gasteiger charge is -2.27. The van der Waals surface area contributed by atoms with Crippen molar-refractivity contribution in [2.75, 3.05) is 24.2 Å². The third-order valence-electron chi connectivity index (χ3n) is 8.94. The molecule has 0 unspecified atom stereocenters. The lowest BCUT2D eigenvalue weighted by Crippen LogP contribution is -2.27. The lowest BCUT2D eigenvalue weighted by atomic mass is 9.81. The van der Waals surface area contributed by atoms with Crippen molar-refractivity contribution in [3.05, 3.63) is 88.1 Å². The van der Waals surface area contributed by atoms with E-state index in [9.17, 15) is 8.42 Å². The quantitative estimate of drug-likeness (QED) is 0.145. The number of benzene rings is 2. The molecule has 42 heavy (non-hydrogen) atoms. The Kier molecular flexibility index (Phi) is 9.64. The van der Waals surface area contributed by atoms with Crippen LogP contribution in [0, 0.1) is 6.92 Å². The molecule has 0 radical (unpaired) electrons. The molecule has 0 aromatic heterocycles. The van der Waals surface area contributed by atoms with Gasteiger partial charge in [-0.3, -0.25) is 0 Å². The summed E-state index contributed by atoms with van der Waals surface area (Å²) in [6.07, 6.45) is 15.5. The van der Waals surface area contributed by atoms with Crippen LogP contribution in [0.4, 0.5) is 11.4 Å². The van der Waals surface area contributed by atoms with Crippen LogP contribution >= 0.6 is 11.6 Å². The number of halogens is 1. The Labute approximate surface area is 259 Å². The van der Waals surface area contributed by atoms with Crippen LogP contribution in [0.25, 0.3) is 0 Å². The monoisotopic (exact) mass is 607 g/mol. The fourth-order valence-corrected chi connectivity index (χ4v) is 7.28. The summed E-state index contributed by atoms with van der Waals surface area (Å²) < 4.78 is 27.2. The molecule has 4 rings (SSSR count). The number of allylic oxidation sites excluding steroid dienone is 6. The van der Waals surface area contributed by atoms with Gasteiger partial charge in [-0.05, 0) is 82.2 Å². The maximum absolute atomic E-state index is 12.4. The highest BCUT2D eigenvalue weighted by Crippen LogP contribution is 2.48. The minimum absolute atomic E-state index is 0.121. The maximum Gasteiger partial charge on any atom is 0.209 e. The highest BCUT2D eigenvalue weighted by Gasteiger charge is 2.44. The van der Waals surface area contributed by atoms with Gasteiger partial charge in [-0.1, -0.05) is 69.7 Å². The molecule has 0 spiro atoms. The van der Waals surface area contributed by atoms with Gasteiger partial charge < -0.3 is 4.90 Å². The first-order valence-corrected chi connectivity index (χ1v) is 17.6. The van der Waals surface area contributed by atoms with Crippen molar-refractivity contribution in [1.82, 2.24) is 0 Å². The zero-order chi connectivity index (χ0) is 30.9. The number of fused-ring (bicyclic) bond motifs is 2. The standard InChI is InChI=1S/C36H48ClN2O2S/c1-9-11-12-13-14-23-39-32-20-18-28(42(8,40)41)25-30(32)36(6,7)34(39)22-17-27(37)16-21-33-35(4,5)29-24-26(3)15-19-31(29)38(33)10-2/h15-22,24-25H,9-14,23H2,1-8H3/q+1. The molecule has 0 atom stereocenters. The fourth-order valence-electron chi connectivity index (χ4n) is 6.50. The summed E-state index contributed by atoms with van der Waals surface area (Å²) in [4.78, 5) is 2.73. The third-order valence-corrected chi connectivity index (χ3v) is 10.3. The Hall–Kier alpha value is -2.63. The summed E-state index contributed by atoms with van der Waals surface area (Å²) in [7, 11) is -3.30. The first-order valence-electron chi connectivity index (χ1n) is 15.4. The molecule has 6 heteroatoms. The number of sulfone groups is 1. The molecule has 4 nitrogen and oxygen atoms in total. The van der Waals surface area contributed by atoms with Gasteiger partial charge in [0.25, 0.3) is 0 Å². The second kappa shape index (κ2) is 12.5. The molecular weight excluding hydrogens is 560 g/mol. The molecule has 0 fully saturated rings. The highest BCUT2D eigenvalue weighted by molar-refractivity contribution is 7.90. The van der Waals surface area contributed by atoms with Gasteiger partial charge in [-0.25, -0.2) is 8.42 Å². The zero-order valence-corrected chi connectivity index (χ0v) is 28.3. The van der Waals surface area contributed by atoms with Gasteiger partial charge in [0.05, 0.1) is 10.3 Å². The third kappa shape index (κ3) is 6.33. The lowest BCUT2D eigenvalue weighted by molar-refractivity contribution is -0.433. The number of hydrogen-bond acceptors (Lipinski definition) is 3. The van der Waals surface area contributed by atoms with E-state index in [1.165, 1.54) is 54.5 Å². The topological polar surface area (TPSA) is 40.4 Å². The van der Waals surface area contributed by atoms with E-state index >= 15 is 0 Å². The van der Waals surface area contributed by atoms with Gasteiger partial charge in [0.1, 0.15) is 6.54 Å². The van der Waals surface area contributed by atoms with Crippen LogP contribution in [0.15, 0.2) is 76.3 Å². The largest absolute Gasteiger partial charge is 0.344 e. The molecule has 226 valence electrons. The first-order chi connectivity index (χ1) is 19.7. The van der Waals surface area contributed by atoms with Crippen molar-refractivity contribution < 1.29 is 13.0 Å². The molecule has 0 saturated carbocycles. The predicted octanol–water partition coefficient (Wildman–Crippen LogP) is 9.13. The van der Waals surface area contributed by atoms with E-state index in [2.05, 4.69) is 88.3 Å². The summed E-state index contributed by atoms with van der Waals surface area (Å²) in [5.41, 5.74) is 7.90. The number of unbranched alkanes of at least 4 members (excludes halogenated alkanes) is 4. The highest BCUT2D eigenvalue weighted by atomic mass is 35.5. The molecule has 0 amide bonds. The molecule has 0 aliphatic carbocycles. The van der Waals surface area contributed by atoms with Crippen LogP contribution < -0.4 is 4.90 Å². The van der Waals surface area contributed by atoms with Crippen molar-refractivity contribution in [1.29, 1.82) is 0 Å². The molecule has 2 aliphatic rings. The molecule has 0 saturated heterocycles. The molecule has 0 bridgehead atoms. The van der Waals surface area contributed by atoms with Crippen LogP contribution in [-0.4, -0.2) is 38.1 Å². The van der Waals surface area contributed by atoms with Crippen LogP contribution in [0.2, 0.25) is 0 Å². The SMILES string of the molecule is CCCCCCCN1C(=CC=C(Cl)C=CC2=[N+](CC)c3ccc(C)cc3C2(C)C)C(C)(C)c2cc(S(C)(=O)=O)ccc21. The van der Waals surface area contributed by atoms with Crippen molar-refractivity contribution in [2.24, 2.45) is 0 Å². The summed E-state index contributed by atoms with van der Waals surface area (Å²) >= 11 is 6.86. The van der Waals surface area contributed by atoms with E-state index < -0.39 is 9.84 Å². The van der Waals surface area contributed by atoms with E-state index in [0.29, 0.717) is 9.93 Å². The van der Waals surface area contributed by atoms with Crippen molar-refractivity contribution >= 4 is 38.5 Å². The second-order valence-electron chi connectivity index (χ2n) is 12.9. The van der Waals surface area contributed by atoms with Gasteiger partial charge in [0.15, 0.2) is 15.5 Å². The zero-order valence-electron chi connectivity index (χ0n) is 26.7. The Bertz CT molecular complexity index is 1580. The summed E-state index contributed by atoms with van der Waals surface area (Å²) in [6, 6.07) is 12.3. The number of aryl methyl sites for hydroxylation is 1. The fraction of sp³-hybridized carbons (Fsp3) is 0.472. The van der Waals surface area contributed by atoms with E-state index in [1.807, 2.05) is 24.3 Å². The number of anilines is 1. The van der Waals surface area contributed by atoms with E-state index in [1.54, 1.807) is 6.07 Å². The Morgan fingerprint density at radius 2 is 1.67 bits per heavy atom. The molecule has 2 aromatic carbocycles. The summed E-state index contributed by atoms with van der Waals surface area (Å²) in [5, 5.41) is 0.653.